The summed E-state index contributed by atoms with van der Waals surface area (Å²) >= 11 is 0. The first-order valence-corrected chi connectivity index (χ1v) is 13.4. The molecule has 38 heavy (non-hydrogen) atoms. The molecule has 11 heteroatoms. The molecule has 0 aliphatic heterocycles. The van der Waals surface area contributed by atoms with Gasteiger partial charge >= 0.3 is 15.5 Å². The van der Waals surface area contributed by atoms with Gasteiger partial charge in [0.05, 0.1) is 23.4 Å². The highest BCUT2D eigenvalue weighted by Crippen LogP contribution is 2.32. The Balaban J connectivity index is 1.50. The van der Waals surface area contributed by atoms with Crippen LogP contribution < -0.4 is 4.72 Å². The molecular weight excluding hydrogens is 515 g/mol. The molecule has 0 unspecified atom stereocenters. The number of para-hydroxylation sites is 1. The van der Waals surface area contributed by atoms with E-state index in [1.54, 1.807) is 16.9 Å². The lowest BCUT2D eigenvalue weighted by Crippen LogP contribution is -2.30. The van der Waals surface area contributed by atoms with Gasteiger partial charge in [0, 0.05) is 23.1 Å². The zero-order valence-electron chi connectivity index (χ0n) is 20.8. The van der Waals surface area contributed by atoms with Crippen LogP contribution in [0.1, 0.15) is 29.6 Å². The molecule has 196 valence electrons. The molecule has 1 N–H and O–H groups in total. The first-order chi connectivity index (χ1) is 18.0. The van der Waals surface area contributed by atoms with Gasteiger partial charge in [0.2, 0.25) is 0 Å². The minimum atomic E-state index is -5.57. The number of rotatable bonds is 6. The number of halogens is 3. The van der Waals surface area contributed by atoms with Crippen molar-refractivity contribution in [3.8, 4) is 11.3 Å². The Kier molecular flexibility index (Phi) is 6.34. The standard InChI is InChI=1S/C27H24F3N5O2S/c1-4-24-33-25-16(2)13-17(3)31-26(25)35(24)15-18-9-11-21-19(14-18)10-12-22(32-21)20-7-5-6-8-23(20)34-38(36,37)27(28,29)30/h5-14,34H,4,15H2,1-3H3. The molecule has 0 saturated carbocycles. The zero-order chi connectivity index (χ0) is 27.2. The Morgan fingerprint density at radius 3 is 2.45 bits per heavy atom. The molecule has 3 heterocycles. The predicted octanol–water partition coefficient (Wildman–Crippen LogP) is 6.14. The monoisotopic (exact) mass is 539 g/mol. The van der Waals surface area contributed by atoms with Crippen LogP contribution in [0.3, 0.4) is 0 Å². The molecule has 0 aliphatic carbocycles. The summed E-state index contributed by atoms with van der Waals surface area (Å²) in [5.41, 5.74) is 0.307. The number of aryl methyl sites for hydroxylation is 3. The Hall–Kier alpha value is -3.99. The van der Waals surface area contributed by atoms with E-state index in [9.17, 15) is 21.6 Å². The van der Waals surface area contributed by atoms with E-state index in [4.69, 9.17) is 9.97 Å². The molecule has 0 radical (unpaired) electrons. The van der Waals surface area contributed by atoms with E-state index in [2.05, 4.69) is 16.5 Å². The van der Waals surface area contributed by atoms with Gasteiger partial charge in [0.1, 0.15) is 11.3 Å². The summed E-state index contributed by atoms with van der Waals surface area (Å²) in [4.78, 5) is 14.1. The van der Waals surface area contributed by atoms with E-state index in [1.165, 1.54) is 18.2 Å². The quantitative estimate of drug-likeness (QED) is 0.280. The van der Waals surface area contributed by atoms with Crippen molar-refractivity contribution in [1.82, 2.24) is 19.5 Å². The van der Waals surface area contributed by atoms with Crippen molar-refractivity contribution in [2.24, 2.45) is 0 Å². The molecule has 2 aromatic carbocycles. The molecule has 0 bridgehead atoms. The Morgan fingerprint density at radius 1 is 0.947 bits per heavy atom. The van der Waals surface area contributed by atoms with Gasteiger partial charge in [-0.2, -0.15) is 21.6 Å². The van der Waals surface area contributed by atoms with Crippen molar-refractivity contribution in [2.75, 3.05) is 4.72 Å². The van der Waals surface area contributed by atoms with Crippen LogP contribution in [0.15, 0.2) is 60.7 Å². The highest BCUT2D eigenvalue weighted by Gasteiger charge is 2.46. The number of imidazole rings is 1. The van der Waals surface area contributed by atoms with E-state index in [1.807, 2.05) is 44.2 Å². The largest absolute Gasteiger partial charge is 0.516 e. The molecular formula is C27H24F3N5O2S. The van der Waals surface area contributed by atoms with Gasteiger partial charge < -0.3 is 4.57 Å². The molecule has 0 atom stereocenters. The Morgan fingerprint density at radius 2 is 1.71 bits per heavy atom. The molecule has 5 rings (SSSR count). The summed E-state index contributed by atoms with van der Waals surface area (Å²) in [6, 6.07) is 17.1. The molecule has 0 amide bonds. The van der Waals surface area contributed by atoms with Crippen LogP contribution in [0.25, 0.3) is 33.3 Å². The molecule has 0 saturated heterocycles. The van der Waals surface area contributed by atoms with Gasteiger partial charge in [-0.3, -0.25) is 4.72 Å². The molecule has 0 fully saturated rings. The minimum Gasteiger partial charge on any atom is -0.308 e. The number of hydrogen-bond donors (Lipinski definition) is 1. The second-order valence-corrected chi connectivity index (χ2v) is 10.7. The summed E-state index contributed by atoms with van der Waals surface area (Å²) < 4.78 is 65.9. The number of anilines is 1. The van der Waals surface area contributed by atoms with Crippen LogP contribution in [0.5, 0.6) is 0 Å². The second-order valence-electron chi connectivity index (χ2n) is 9.04. The van der Waals surface area contributed by atoms with Crippen LogP contribution in [0.2, 0.25) is 0 Å². The number of alkyl halides is 3. The van der Waals surface area contributed by atoms with Crippen molar-refractivity contribution in [2.45, 2.75) is 39.2 Å². The zero-order valence-corrected chi connectivity index (χ0v) is 21.7. The van der Waals surface area contributed by atoms with Crippen molar-refractivity contribution in [1.29, 1.82) is 0 Å². The second kappa shape index (κ2) is 9.39. The molecule has 7 nitrogen and oxygen atoms in total. The van der Waals surface area contributed by atoms with Gasteiger partial charge in [-0.05, 0) is 55.3 Å². The topological polar surface area (TPSA) is 89.8 Å². The minimum absolute atomic E-state index is 0.203. The van der Waals surface area contributed by atoms with Gasteiger partial charge in [0.15, 0.2) is 5.65 Å². The third kappa shape index (κ3) is 4.69. The number of pyridine rings is 2. The molecule has 0 aliphatic rings. The van der Waals surface area contributed by atoms with Crippen LogP contribution in [0, 0.1) is 13.8 Å². The van der Waals surface area contributed by atoms with Crippen molar-refractivity contribution in [3.05, 3.63) is 83.3 Å². The number of benzene rings is 2. The summed E-state index contributed by atoms with van der Waals surface area (Å²) in [6.07, 6.45) is 0.755. The molecule has 3 aromatic heterocycles. The van der Waals surface area contributed by atoms with Crippen molar-refractivity contribution < 1.29 is 21.6 Å². The number of aromatic nitrogens is 4. The van der Waals surface area contributed by atoms with Gasteiger partial charge in [-0.1, -0.05) is 37.3 Å². The summed E-state index contributed by atoms with van der Waals surface area (Å²) in [5, 5.41) is 0.836. The maximum atomic E-state index is 12.9. The average molecular weight is 540 g/mol. The third-order valence-corrected chi connectivity index (χ3v) is 7.36. The lowest BCUT2D eigenvalue weighted by molar-refractivity contribution is -0.0429. The van der Waals surface area contributed by atoms with E-state index >= 15 is 0 Å². The van der Waals surface area contributed by atoms with Crippen molar-refractivity contribution >= 4 is 37.8 Å². The lowest BCUT2D eigenvalue weighted by atomic mass is 10.1. The maximum Gasteiger partial charge on any atom is 0.516 e. The smallest absolute Gasteiger partial charge is 0.308 e. The van der Waals surface area contributed by atoms with Gasteiger partial charge in [-0.15, -0.1) is 0 Å². The summed E-state index contributed by atoms with van der Waals surface area (Å²) in [7, 11) is -5.57. The molecule has 5 aromatic rings. The Labute approximate surface area is 217 Å². The van der Waals surface area contributed by atoms with Crippen LogP contribution in [-0.2, 0) is 23.0 Å². The fourth-order valence-electron chi connectivity index (χ4n) is 4.49. The van der Waals surface area contributed by atoms with Gasteiger partial charge in [0.25, 0.3) is 0 Å². The third-order valence-electron chi connectivity index (χ3n) is 6.26. The fourth-order valence-corrected chi connectivity index (χ4v) is 5.07. The first kappa shape index (κ1) is 25.7. The maximum absolute atomic E-state index is 12.9. The summed E-state index contributed by atoms with van der Waals surface area (Å²) in [5.74, 6) is 0.938. The van der Waals surface area contributed by atoms with E-state index < -0.39 is 15.5 Å². The SMILES string of the molecule is CCc1nc2c(C)cc(C)nc2n1Cc1ccc2nc(-c3ccccc3NS(=O)(=O)C(F)(F)F)ccc2c1. The van der Waals surface area contributed by atoms with Gasteiger partial charge in [-0.25, -0.2) is 15.0 Å². The van der Waals surface area contributed by atoms with Crippen LogP contribution in [-0.4, -0.2) is 33.4 Å². The highest BCUT2D eigenvalue weighted by atomic mass is 32.2. The average Bonchev–Trinajstić information content (AvgIpc) is 3.20. The van der Waals surface area contributed by atoms with Crippen molar-refractivity contribution in [3.63, 3.8) is 0 Å². The number of fused-ring (bicyclic) bond motifs is 2. The highest BCUT2D eigenvalue weighted by molar-refractivity contribution is 7.93. The van der Waals surface area contributed by atoms with Crippen LogP contribution in [0.4, 0.5) is 18.9 Å². The first-order valence-electron chi connectivity index (χ1n) is 11.9. The van der Waals surface area contributed by atoms with E-state index in [0.29, 0.717) is 17.8 Å². The Bertz CT molecular complexity index is 1800. The number of nitrogens with one attached hydrogen (secondary N) is 1. The number of hydrogen-bond acceptors (Lipinski definition) is 5. The number of nitrogens with zero attached hydrogens (tertiary/aromatic N) is 4. The molecule has 0 spiro atoms. The number of sulfonamides is 1. The normalized spacial score (nSPS) is 12.4. The van der Waals surface area contributed by atoms with E-state index in [0.717, 1.165) is 45.6 Å². The predicted molar refractivity (Wildman–Crippen MR) is 141 cm³/mol. The van der Waals surface area contributed by atoms with E-state index in [-0.39, 0.29) is 11.3 Å². The fraction of sp³-hybridized carbons (Fsp3) is 0.222. The summed E-state index contributed by atoms with van der Waals surface area (Å²) in [6.45, 7) is 6.61. The lowest BCUT2D eigenvalue weighted by Gasteiger charge is -2.14. The van der Waals surface area contributed by atoms with Crippen LogP contribution >= 0.6 is 0 Å².